The first kappa shape index (κ1) is 27.4. The number of hydrogen-bond donors (Lipinski definition) is 1. The third-order valence-electron chi connectivity index (χ3n) is 6.69. The summed E-state index contributed by atoms with van der Waals surface area (Å²) in [6, 6.07) is 24.5. The Labute approximate surface area is 235 Å². The van der Waals surface area contributed by atoms with Crippen LogP contribution in [-0.2, 0) is 22.7 Å². The van der Waals surface area contributed by atoms with Crippen LogP contribution in [0.3, 0.4) is 0 Å². The minimum absolute atomic E-state index is 0.0131. The van der Waals surface area contributed by atoms with Crippen LogP contribution in [0.15, 0.2) is 97.1 Å². The molecule has 1 N–H and O–H groups in total. The van der Waals surface area contributed by atoms with Crippen LogP contribution in [-0.4, -0.2) is 45.8 Å². The number of rotatable bonds is 9. The maximum atomic E-state index is 14.0. The highest BCUT2D eigenvalue weighted by molar-refractivity contribution is 5.98. The van der Waals surface area contributed by atoms with Crippen molar-refractivity contribution in [3.05, 3.63) is 120 Å². The fraction of sp³-hybridized carbons (Fsp3) is 0.161. The van der Waals surface area contributed by atoms with Gasteiger partial charge in [-0.2, -0.15) is 0 Å². The lowest BCUT2D eigenvalue weighted by Crippen LogP contribution is -2.42. The van der Waals surface area contributed by atoms with Crippen LogP contribution in [0.25, 0.3) is 11.0 Å². The predicted octanol–water partition coefficient (Wildman–Crippen LogP) is 5.18. The van der Waals surface area contributed by atoms with Crippen LogP contribution in [0, 0.1) is 11.6 Å². The van der Waals surface area contributed by atoms with Gasteiger partial charge in [-0.25, -0.2) is 13.5 Å². The monoisotopic (exact) mass is 554 g/mol. The van der Waals surface area contributed by atoms with Gasteiger partial charge in [0.25, 0.3) is 5.91 Å². The molecule has 41 heavy (non-hydrogen) atoms. The standard InChI is InChI=1S/C31H28F2N6O2/c1-37(2)26-17-15-25(16-18-26)34-31(41)30(22-9-13-24(33)14-10-22)38(19-21-7-11-23(32)12-8-21)29(40)20-39-28-6-4-3-5-27(28)35-36-39/h3-18,30H,19-20H2,1-2H3,(H,34,41). The molecule has 2 amide bonds. The van der Waals surface area contributed by atoms with E-state index in [1.165, 1.54) is 46.0 Å². The predicted molar refractivity (Wildman–Crippen MR) is 153 cm³/mol. The molecule has 1 heterocycles. The molecule has 5 aromatic rings. The lowest BCUT2D eigenvalue weighted by molar-refractivity contribution is -0.140. The molecule has 208 valence electrons. The van der Waals surface area contributed by atoms with E-state index < -0.39 is 29.5 Å². The molecule has 4 aromatic carbocycles. The van der Waals surface area contributed by atoms with Gasteiger partial charge in [0, 0.05) is 32.0 Å². The number of nitrogens with one attached hydrogen (secondary N) is 1. The molecule has 1 atom stereocenters. The molecule has 0 spiro atoms. The van der Waals surface area contributed by atoms with Crippen LogP contribution < -0.4 is 10.2 Å². The number of carbonyl (C=O) groups excluding carboxylic acids is 2. The summed E-state index contributed by atoms with van der Waals surface area (Å²) in [5, 5.41) is 11.2. The van der Waals surface area contributed by atoms with E-state index >= 15 is 0 Å². The second kappa shape index (κ2) is 12.0. The smallest absolute Gasteiger partial charge is 0.251 e. The Balaban J connectivity index is 1.53. The Morgan fingerprint density at radius 1 is 0.854 bits per heavy atom. The third-order valence-corrected chi connectivity index (χ3v) is 6.69. The zero-order valence-corrected chi connectivity index (χ0v) is 22.5. The van der Waals surface area contributed by atoms with E-state index in [1.54, 1.807) is 36.4 Å². The highest BCUT2D eigenvalue weighted by Gasteiger charge is 2.32. The van der Waals surface area contributed by atoms with Crippen molar-refractivity contribution < 1.29 is 18.4 Å². The molecular weight excluding hydrogens is 526 g/mol. The van der Waals surface area contributed by atoms with Gasteiger partial charge in [0.05, 0.1) is 5.52 Å². The zero-order chi connectivity index (χ0) is 28.9. The molecule has 0 bridgehead atoms. The van der Waals surface area contributed by atoms with Crippen LogP contribution in [0.1, 0.15) is 17.2 Å². The van der Waals surface area contributed by atoms with Gasteiger partial charge in [0.1, 0.15) is 29.7 Å². The number of hydrogen-bond acceptors (Lipinski definition) is 5. The molecular formula is C31H28F2N6O2. The summed E-state index contributed by atoms with van der Waals surface area (Å²) in [6.45, 7) is -0.217. The molecule has 5 rings (SSSR count). The lowest BCUT2D eigenvalue weighted by Gasteiger charge is -2.31. The number of aromatic nitrogens is 3. The SMILES string of the molecule is CN(C)c1ccc(NC(=O)C(c2ccc(F)cc2)N(Cc2ccc(F)cc2)C(=O)Cn2nnc3ccccc32)cc1. The molecule has 0 aliphatic heterocycles. The van der Waals surface area contributed by atoms with Gasteiger partial charge in [-0.3, -0.25) is 9.59 Å². The summed E-state index contributed by atoms with van der Waals surface area (Å²) in [7, 11) is 3.82. The van der Waals surface area contributed by atoms with Crippen molar-refractivity contribution in [2.75, 3.05) is 24.3 Å². The highest BCUT2D eigenvalue weighted by Crippen LogP contribution is 2.27. The molecule has 0 saturated heterocycles. The van der Waals surface area contributed by atoms with Gasteiger partial charge in [0.15, 0.2) is 0 Å². The molecule has 0 aliphatic carbocycles. The van der Waals surface area contributed by atoms with E-state index in [9.17, 15) is 18.4 Å². The van der Waals surface area contributed by atoms with E-state index in [0.29, 0.717) is 27.8 Å². The molecule has 0 fully saturated rings. The van der Waals surface area contributed by atoms with Gasteiger partial charge in [-0.1, -0.05) is 41.6 Å². The van der Waals surface area contributed by atoms with Crippen molar-refractivity contribution >= 4 is 34.2 Å². The summed E-state index contributed by atoms with van der Waals surface area (Å²) in [6.07, 6.45) is 0. The Kier molecular flexibility index (Phi) is 8.00. The molecule has 0 aliphatic rings. The maximum Gasteiger partial charge on any atom is 0.251 e. The molecule has 10 heteroatoms. The normalized spacial score (nSPS) is 11.7. The number of amides is 2. The Morgan fingerprint density at radius 2 is 1.49 bits per heavy atom. The van der Waals surface area contributed by atoms with Crippen LogP contribution in [0.2, 0.25) is 0 Å². The largest absolute Gasteiger partial charge is 0.378 e. The van der Waals surface area contributed by atoms with Crippen LogP contribution in [0.5, 0.6) is 0 Å². The Bertz CT molecular complexity index is 1650. The topological polar surface area (TPSA) is 83.4 Å². The van der Waals surface area contributed by atoms with Crippen molar-refractivity contribution in [2.24, 2.45) is 0 Å². The first-order valence-electron chi connectivity index (χ1n) is 12.9. The van der Waals surface area contributed by atoms with Crippen molar-refractivity contribution in [3.8, 4) is 0 Å². The van der Waals surface area contributed by atoms with Gasteiger partial charge < -0.3 is 15.1 Å². The summed E-state index contributed by atoms with van der Waals surface area (Å²) in [5.41, 5.74) is 3.78. The van der Waals surface area contributed by atoms with Crippen LogP contribution >= 0.6 is 0 Å². The van der Waals surface area contributed by atoms with Gasteiger partial charge in [-0.05, 0) is 71.8 Å². The van der Waals surface area contributed by atoms with E-state index in [2.05, 4.69) is 15.6 Å². The average Bonchev–Trinajstić information content (AvgIpc) is 3.37. The average molecular weight is 555 g/mol. The summed E-state index contributed by atoms with van der Waals surface area (Å²) in [4.78, 5) is 31.2. The minimum Gasteiger partial charge on any atom is -0.378 e. The molecule has 1 aromatic heterocycles. The van der Waals surface area contributed by atoms with Crippen LogP contribution in [0.4, 0.5) is 20.2 Å². The number of benzene rings is 4. The fourth-order valence-corrected chi connectivity index (χ4v) is 4.53. The fourth-order valence-electron chi connectivity index (χ4n) is 4.53. The van der Waals surface area contributed by atoms with Crippen molar-refractivity contribution in [3.63, 3.8) is 0 Å². The first-order chi connectivity index (χ1) is 19.8. The maximum absolute atomic E-state index is 14.0. The molecule has 0 radical (unpaired) electrons. The van der Waals surface area contributed by atoms with Gasteiger partial charge in [-0.15, -0.1) is 5.10 Å². The van der Waals surface area contributed by atoms with E-state index in [-0.39, 0.29) is 13.1 Å². The zero-order valence-electron chi connectivity index (χ0n) is 22.5. The first-order valence-corrected chi connectivity index (χ1v) is 12.9. The van der Waals surface area contributed by atoms with E-state index in [1.807, 2.05) is 43.3 Å². The van der Waals surface area contributed by atoms with E-state index in [4.69, 9.17) is 0 Å². The van der Waals surface area contributed by atoms with Crippen molar-refractivity contribution in [2.45, 2.75) is 19.1 Å². The number of para-hydroxylation sites is 1. The van der Waals surface area contributed by atoms with Crippen molar-refractivity contribution in [1.82, 2.24) is 19.9 Å². The van der Waals surface area contributed by atoms with Gasteiger partial charge in [0.2, 0.25) is 5.91 Å². The second-order valence-electron chi connectivity index (χ2n) is 9.77. The summed E-state index contributed by atoms with van der Waals surface area (Å²) >= 11 is 0. The molecule has 8 nitrogen and oxygen atoms in total. The minimum atomic E-state index is -1.14. The van der Waals surface area contributed by atoms with Crippen molar-refractivity contribution in [1.29, 1.82) is 0 Å². The Hall–Kier alpha value is -5.12. The summed E-state index contributed by atoms with van der Waals surface area (Å²) < 4.78 is 29.1. The van der Waals surface area contributed by atoms with Gasteiger partial charge >= 0.3 is 0 Å². The molecule has 0 saturated carbocycles. The van der Waals surface area contributed by atoms with E-state index in [0.717, 1.165) is 5.69 Å². The Morgan fingerprint density at radius 3 is 2.15 bits per heavy atom. The second-order valence-corrected chi connectivity index (χ2v) is 9.77. The number of fused-ring (bicyclic) bond motifs is 1. The number of nitrogens with zero attached hydrogens (tertiary/aromatic N) is 5. The highest BCUT2D eigenvalue weighted by atomic mass is 19.1. The summed E-state index contributed by atoms with van der Waals surface area (Å²) in [5.74, 6) is -1.82. The third kappa shape index (κ3) is 6.38. The number of carbonyl (C=O) groups is 2. The number of anilines is 2. The quantitative estimate of drug-likeness (QED) is 0.271. The molecule has 1 unspecified atom stereocenters. The number of halogens is 2. The lowest BCUT2D eigenvalue weighted by atomic mass is 10.0.